The second-order valence-electron chi connectivity index (χ2n) is 5.80. The first-order valence-electron chi connectivity index (χ1n) is 7.24. The van der Waals surface area contributed by atoms with Crippen molar-refractivity contribution < 1.29 is 4.39 Å². The lowest BCUT2D eigenvalue weighted by molar-refractivity contribution is 0.376. The van der Waals surface area contributed by atoms with Gasteiger partial charge in [0.2, 0.25) is 5.95 Å². The largest absolute Gasteiger partial charge is 0.338 e. The molecule has 2 atom stereocenters. The summed E-state index contributed by atoms with van der Waals surface area (Å²) in [6, 6.07) is 5.38. The molecular formula is C15H20FN5. The van der Waals surface area contributed by atoms with Crippen LogP contribution >= 0.6 is 0 Å². The number of aromatic nitrogens is 3. The number of rotatable bonds is 2. The third kappa shape index (κ3) is 2.63. The van der Waals surface area contributed by atoms with Gasteiger partial charge in [0.1, 0.15) is 5.82 Å². The summed E-state index contributed by atoms with van der Waals surface area (Å²) in [5, 5.41) is 7.04. The Kier molecular flexibility index (Phi) is 3.63. The molecule has 2 unspecified atom stereocenters. The average Bonchev–Trinajstić information content (AvgIpc) is 2.94. The van der Waals surface area contributed by atoms with Crippen molar-refractivity contribution in [3.05, 3.63) is 29.6 Å². The number of aromatic amines is 1. The van der Waals surface area contributed by atoms with Crippen molar-refractivity contribution in [1.29, 1.82) is 0 Å². The first kappa shape index (κ1) is 14.0. The fourth-order valence-electron chi connectivity index (χ4n) is 2.63. The molecular weight excluding hydrogens is 269 g/mol. The third-order valence-electron chi connectivity index (χ3n) is 4.22. The van der Waals surface area contributed by atoms with Gasteiger partial charge in [0.25, 0.3) is 0 Å². The predicted octanol–water partition coefficient (Wildman–Crippen LogP) is 2.09. The summed E-state index contributed by atoms with van der Waals surface area (Å²) >= 11 is 0. The summed E-state index contributed by atoms with van der Waals surface area (Å²) in [6.07, 6.45) is 1.02. The zero-order valence-corrected chi connectivity index (χ0v) is 12.3. The van der Waals surface area contributed by atoms with Crippen LogP contribution in [0.15, 0.2) is 18.2 Å². The molecule has 0 bridgehead atoms. The lowest BCUT2D eigenvalue weighted by Crippen LogP contribution is -2.48. The van der Waals surface area contributed by atoms with Crippen LogP contribution in [0.5, 0.6) is 0 Å². The van der Waals surface area contributed by atoms with E-state index in [9.17, 15) is 4.39 Å². The first-order valence-corrected chi connectivity index (χ1v) is 7.24. The molecule has 0 radical (unpaired) electrons. The molecule has 2 heterocycles. The molecule has 1 aliphatic heterocycles. The fourth-order valence-corrected chi connectivity index (χ4v) is 2.63. The molecule has 5 nitrogen and oxygen atoms in total. The zero-order valence-electron chi connectivity index (χ0n) is 12.3. The number of anilines is 1. The van der Waals surface area contributed by atoms with Crippen LogP contribution in [0.4, 0.5) is 10.3 Å². The quantitative estimate of drug-likeness (QED) is 0.888. The van der Waals surface area contributed by atoms with E-state index in [0.29, 0.717) is 28.8 Å². The van der Waals surface area contributed by atoms with Gasteiger partial charge in [-0.25, -0.2) is 4.39 Å². The van der Waals surface area contributed by atoms with E-state index < -0.39 is 0 Å². The highest BCUT2D eigenvalue weighted by molar-refractivity contribution is 5.58. The molecule has 2 aromatic rings. The molecule has 0 amide bonds. The third-order valence-corrected chi connectivity index (χ3v) is 4.22. The second-order valence-corrected chi connectivity index (χ2v) is 5.80. The number of nitrogens with one attached hydrogen (secondary N) is 1. The molecule has 6 heteroatoms. The van der Waals surface area contributed by atoms with Crippen LogP contribution in [0.1, 0.15) is 18.9 Å². The van der Waals surface area contributed by atoms with Crippen LogP contribution in [-0.4, -0.2) is 34.3 Å². The van der Waals surface area contributed by atoms with Crippen LogP contribution in [0, 0.1) is 18.7 Å². The first-order chi connectivity index (χ1) is 10.1. The maximum atomic E-state index is 14.1. The summed E-state index contributed by atoms with van der Waals surface area (Å²) in [5.74, 6) is 1.30. The smallest absolute Gasteiger partial charge is 0.245 e. The van der Waals surface area contributed by atoms with E-state index in [-0.39, 0.29) is 11.9 Å². The van der Waals surface area contributed by atoms with E-state index in [1.54, 1.807) is 19.1 Å². The number of nitrogens with two attached hydrogens (primary N) is 1. The van der Waals surface area contributed by atoms with Crippen LogP contribution in [0.25, 0.3) is 11.4 Å². The van der Waals surface area contributed by atoms with E-state index in [4.69, 9.17) is 5.73 Å². The van der Waals surface area contributed by atoms with Crippen molar-refractivity contribution in [3.63, 3.8) is 0 Å². The molecule has 1 fully saturated rings. The molecule has 0 saturated carbocycles. The van der Waals surface area contributed by atoms with E-state index in [1.807, 2.05) is 6.07 Å². The number of piperidine rings is 1. The number of nitrogens with zero attached hydrogens (tertiary/aromatic N) is 3. The van der Waals surface area contributed by atoms with E-state index >= 15 is 0 Å². The number of aryl methyl sites for hydroxylation is 1. The van der Waals surface area contributed by atoms with Gasteiger partial charge in [-0.2, -0.15) is 4.98 Å². The Hall–Kier alpha value is -1.95. The summed E-state index contributed by atoms with van der Waals surface area (Å²) < 4.78 is 14.1. The molecule has 3 N–H and O–H groups in total. The molecule has 3 rings (SSSR count). The van der Waals surface area contributed by atoms with E-state index in [1.165, 1.54) is 0 Å². The van der Waals surface area contributed by atoms with Crippen molar-refractivity contribution in [1.82, 2.24) is 15.2 Å². The van der Waals surface area contributed by atoms with Gasteiger partial charge in [0.15, 0.2) is 5.82 Å². The van der Waals surface area contributed by atoms with Crippen molar-refractivity contribution in [2.75, 3.05) is 18.0 Å². The fraction of sp³-hybridized carbons (Fsp3) is 0.467. The Balaban J connectivity index is 1.85. The monoisotopic (exact) mass is 289 g/mol. The summed E-state index contributed by atoms with van der Waals surface area (Å²) in [4.78, 5) is 6.48. The van der Waals surface area contributed by atoms with Crippen molar-refractivity contribution in [3.8, 4) is 11.4 Å². The standard InChI is InChI=1S/C15H20FN5/c1-9-6-7-21(8-12(9)17)15-18-14(19-20-15)11-5-3-4-10(2)13(11)16/h3-5,9,12H,6-8,17H2,1-2H3,(H,18,19,20). The molecule has 21 heavy (non-hydrogen) atoms. The van der Waals surface area contributed by atoms with Crippen LogP contribution in [-0.2, 0) is 0 Å². The molecule has 1 aromatic heterocycles. The van der Waals surface area contributed by atoms with Crippen molar-refractivity contribution in [2.45, 2.75) is 26.3 Å². The lowest BCUT2D eigenvalue weighted by atomic mass is 9.95. The number of benzene rings is 1. The minimum atomic E-state index is -0.260. The van der Waals surface area contributed by atoms with Gasteiger partial charge in [0, 0.05) is 19.1 Å². The van der Waals surface area contributed by atoms with Crippen LogP contribution < -0.4 is 10.6 Å². The zero-order chi connectivity index (χ0) is 15.0. The normalized spacial score (nSPS) is 22.6. The Morgan fingerprint density at radius 3 is 3.00 bits per heavy atom. The van der Waals surface area contributed by atoms with E-state index in [0.717, 1.165) is 19.5 Å². The Morgan fingerprint density at radius 2 is 2.24 bits per heavy atom. The summed E-state index contributed by atoms with van der Waals surface area (Å²) in [7, 11) is 0. The highest BCUT2D eigenvalue weighted by Gasteiger charge is 2.25. The lowest BCUT2D eigenvalue weighted by Gasteiger charge is -2.34. The highest BCUT2D eigenvalue weighted by Crippen LogP contribution is 2.25. The molecule has 112 valence electrons. The van der Waals surface area contributed by atoms with Crippen molar-refractivity contribution >= 4 is 5.95 Å². The Bertz CT molecular complexity index is 639. The molecule has 1 saturated heterocycles. The number of hydrogen-bond acceptors (Lipinski definition) is 4. The number of hydrogen-bond donors (Lipinski definition) is 2. The summed E-state index contributed by atoms with van der Waals surface area (Å²) in [5.41, 5.74) is 7.14. The molecule has 0 spiro atoms. The van der Waals surface area contributed by atoms with Gasteiger partial charge >= 0.3 is 0 Å². The van der Waals surface area contributed by atoms with Gasteiger partial charge in [-0.1, -0.05) is 19.1 Å². The second kappa shape index (κ2) is 5.44. The van der Waals surface area contributed by atoms with Crippen molar-refractivity contribution in [2.24, 2.45) is 11.7 Å². The maximum Gasteiger partial charge on any atom is 0.245 e. The highest BCUT2D eigenvalue weighted by atomic mass is 19.1. The number of H-pyrrole nitrogens is 1. The SMILES string of the molecule is Cc1cccc(-c2nc(N3CCC(C)C(N)C3)n[nH]2)c1F. The van der Waals surface area contributed by atoms with Gasteiger partial charge in [-0.15, -0.1) is 5.10 Å². The van der Waals surface area contributed by atoms with Crippen LogP contribution in [0.3, 0.4) is 0 Å². The van der Waals surface area contributed by atoms with E-state index in [2.05, 4.69) is 27.0 Å². The van der Waals surface area contributed by atoms with Crippen LogP contribution in [0.2, 0.25) is 0 Å². The van der Waals surface area contributed by atoms with Gasteiger partial charge in [-0.3, -0.25) is 5.10 Å². The number of halogens is 1. The minimum absolute atomic E-state index is 0.122. The summed E-state index contributed by atoms with van der Waals surface area (Å²) in [6.45, 7) is 5.51. The average molecular weight is 289 g/mol. The molecule has 1 aromatic carbocycles. The predicted molar refractivity (Wildman–Crippen MR) is 80.5 cm³/mol. The minimum Gasteiger partial charge on any atom is -0.338 e. The maximum absolute atomic E-state index is 14.1. The Morgan fingerprint density at radius 1 is 1.43 bits per heavy atom. The molecule has 0 aliphatic carbocycles. The topological polar surface area (TPSA) is 70.8 Å². The van der Waals surface area contributed by atoms with Gasteiger partial charge in [0.05, 0.1) is 5.56 Å². The molecule has 1 aliphatic rings. The van der Waals surface area contributed by atoms with Gasteiger partial charge < -0.3 is 10.6 Å². The van der Waals surface area contributed by atoms with Gasteiger partial charge in [-0.05, 0) is 30.9 Å². The Labute approximate surface area is 123 Å².